The summed E-state index contributed by atoms with van der Waals surface area (Å²) >= 11 is 0. The first-order valence-corrected chi connectivity index (χ1v) is 9.92. The topological polar surface area (TPSA) is 77.6 Å². The van der Waals surface area contributed by atoms with Crippen LogP contribution in [-0.4, -0.2) is 30.5 Å². The number of para-hydroxylation sites is 1. The van der Waals surface area contributed by atoms with Crippen LogP contribution in [0.5, 0.6) is 0 Å². The van der Waals surface area contributed by atoms with Gasteiger partial charge in [0.15, 0.2) is 11.5 Å². The Hall–Kier alpha value is -4.26. The van der Waals surface area contributed by atoms with Gasteiger partial charge in [-0.05, 0) is 25.1 Å². The molecule has 31 heavy (non-hydrogen) atoms. The van der Waals surface area contributed by atoms with Crippen LogP contribution in [0.25, 0.3) is 28.0 Å². The highest BCUT2D eigenvalue weighted by Gasteiger charge is 2.20. The minimum absolute atomic E-state index is 0.251. The number of aryl methyl sites for hydroxylation is 2. The molecule has 3 heterocycles. The number of rotatable bonds is 4. The summed E-state index contributed by atoms with van der Waals surface area (Å²) in [5, 5.41) is 12.6. The molecule has 7 nitrogen and oxygen atoms in total. The number of nitrogens with zero attached hydrogens (tertiary/aromatic N) is 5. The molecule has 0 spiro atoms. The first kappa shape index (κ1) is 18.7. The number of hydrogen-bond acceptors (Lipinski definition) is 4. The Kier molecular flexibility index (Phi) is 4.55. The van der Waals surface area contributed by atoms with E-state index in [9.17, 15) is 4.79 Å². The van der Waals surface area contributed by atoms with Gasteiger partial charge >= 0.3 is 0 Å². The van der Waals surface area contributed by atoms with Gasteiger partial charge in [-0.25, -0.2) is 9.67 Å². The summed E-state index contributed by atoms with van der Waals surface area (Å²) in [6.07, 6.45) is 1.82. The summed E-state index contributed by atoms with van der Waals surface area (Å²) in [6, 6.07) is 23.1. The highest BCUT2D eigenvalue weighted by atomic mass is 16.1. The number of carbonyl (C=O) groups excluding carboxylic acids is 1. The fraction of sp³-hybridized carbons (Fsp3) is 0.0833. The van der Waals surface area contributed by atoms with E-state index in [1.54, 1.807) is 15.4 Å². The van der Waals surface area contributed by atoms with E-state index >= 15 is 0 Å². The zero-order valence-corrected chi connectivity index (χ0v) is 17.1. The third-order valence-corrected chi connectivity index (χ3v) is 5.13. The van der Waals surface area contributed by atoms with Crippen LogP contribution in [0.15, 0.2) is 79.0 Å². The molecule has 0 atom stereocenters. The highest BCUT2D eigenvalue weighted by Crippen LogP contribution is 2.27. The van der Waals surface area contributed by atoms with Crippen molar-refractivity contribution in [2.45, 2.75) is 6.92 Å². The first-order chi connectivity index (χ1) is 15.1. The number of benzene rings is 2. The highest BCUT2D eigenvalue weighted by molar-refractivity contribution is 6.13. The fourth-order valence-corrected chi connectivity index (χ4v) is 3.68. The van der Waals surface area contributed by atoms with Crippen molar-refractivity contribution in [2.75, 3.05) is 5.32 Å². The van der Waals surface area contributed by atoms with E-state index in [4.69, 9.17) is 4.98 Å². The van der Waals surface area contributed by atoms with Crippen LogP contribution in [-0.2, 0) is 7.05 Å². The molecule has 1 amide bonds. The predicted molar refractivity (Wildman–Crippen MR) is 120 cm³/mol. The molecule has 5 rings (SSSR count). The monoisotopic (exact) mass is 408 g/mol. The molecular formula is C24H20N6O. The summed E-state index contributed by atoms with van der Waals surface area (Å²) in [4.78, 5) is 18.1. The van der Waals surface area contributed by atoms with E-state index < -0.39 is 0 Å². The van der Waals surface area contributed by atoms with Gasteiger partial charge in [-0.2, -0.15) is 10.2 Å². The SMILES string of the molecule is Cc1nn(C)c2nc(-c3ccccc3)cc(C(=O)Nc3ccn(-c4ccccc4)n3)c12. The predicted octanol–water partition coefficient (Wildman–Crippen LogP) is 4.38. The number of nitrogens with one attached hydrogen (secondary N) is 1. The Morgan fingerprint density at radius 2 is 1.65 bits per heavy atom. The van der Waals surface area contributed by atoms with Crippen molar-refractivity contribution >= 4 is 22.8 Å². The summed E-state index contributed by atoms with van der Waals surface area (Å²) in [5.74, 6) is 0.223. The fourth-order valence-electron chi connectivity index (χ4n) is 3.68. The number of carbonyl (C=O) groups is 1. The third-order valence-electron chi connectivity index (χ3n) is 5.13. The Morgan fingerprint density at radius 3 is 2.39 bits per heavy atom. The van der Waals surface area contributed by atoms with Crippen LogP contribution in [0.2, 0.25) is 0 Å². The van der Waals surface area contributed by atoms with E-state index in [2.05, 4.69) is 15.5 Å². The molecule has 0 radical (unpaired) electrons. The van der Waals surface area contributed by atoms with Crippen LogP contribution >= 0.6 is 0 Å². The Balaban J connectivity index is 1.55. The normalized spacial score (nSPS) is 11.0. The molecule has 0 unspecified atom stereocenters. The molecule has 0 aliphatic heterocycles. The minimum Gasteiger partial charge on any atom is -0.305 e. The lowest BCUT2D eigenvalue weighted by molar-refractivity contribution is 0.102. The number of anilines is 1. The van der Waals surface area contributed by atoms with Gasteiger partial charge in [0.1, 0.15) is 0 Å². The van der Waals surface area contributed by atoms with Gasteiger partial charge in [0.25, 0.3) is 5.91 Å². The Morgan fingerprint density at radius 1 is 0.935 bits per heavy atom. The molecule has 0 aliphatic carbocycles. The average Bonchev–Trinajstić information content (AvgIpc) is 3.38. The van der Waals surface area contributed by atoms with Gasteiger partial charge in [0, 0.05) is 24.9 Å². The van der Waals surface area contributed by atoms with E-state index in [-0.39, 0.29) is 5.91 Å². The van der Waals surface area contributed by atoms with Gasteiger partial charge in [-0.15, -0.1) is 0 Å². The number of aromatic nitrogens is 5. The third kappa shape index (κ3) is 3.46. The van der Waals surface area contributed by atoms with Gasteiger partial charge in [-0.1, -0.05) is 48.5 Å². The van der Waals surface area contributed by atoms with E-state index in [1.807, 2.05) is 86.9 Å². The van der Waals surface area contributed by atoms with Crippen molar-refractivity contribution in [1.82, 2.24) is 24.5 Å². The first-order valence-electron chi connectivity index (χ1n) is 9.92. The molecule has 5 aromatic rings. The molecule has 0 saturated heterocycles. The zero-order valence-electron chi connectivity index (χ0n) is 17.1. The summed E-state index contributed by atoms with van der Waals surface area (Å²) in [6.45, 7) is 1.88. The molecular weight excluding hydrogens is 388 g/mol. The number of amides is 1. The van der Waals surface area contributed by atoms with Crippen molar-refractivity contribution in [2.24, 2.45) is 7.05 Å². The molecule has 7 heteroatoms. The smallest absolute Gasteiger partial charge is 0.257 e. The van der Waals surface area contributed by atoms with Crippen LogP contribution in [0.3, 0.4) is 0 Å². The lowest BCUT2D eigenvalue weighted by atomic mass is 10.0. The quantitative estimate of drug-likeness (QED) is 0.479. The summed E-state index contributed by atoms with van der Waals surface area (Å²) in [5.41, 5.74) is 4.51. The lowest BCUT2D eigenvalue weighted by Crippen LogP contribution is -2.14. The zero-order chi connectivity index (χ0) is 21.4. The molecule has 0 saturated carbocycles. The lowest BCUT2D eigenvalue weighted by Gasteiger charge is -2.08. The van der Waals surface area contributed by atoms with Crippen molar-refractivity contribution in [3.8, 4) is 16.9 Å². The maximum absolute atomic E-state index is 13.3. The number of pyridine rings is 1. The van der Waals surface area contributed by atoms with Crippen molar-refractivity contribution in [3.05, 3.63) is 90.3 Å². The van der Waals surface area contributed by atoms with E-state index in [0.717, 1.165) is 28.0 Å². The van der Waals surface area contributed by atoms with Gasteiger partial charge < -0.3 is 5.32 Å². The maximum Gasteiger partial charge on any atom is 0.257 e. The molecule has 0 bridgehead atoms. The molecule has 152 valence electrons. The van der Waals surface area contributed by atoms with Crippen LogP contribution in [0, 0.1) is 6.92 Å². The standard InChI is InChI=1S/C24H20N6O/c1-16-22-19(15-20(17-9-5-3-6-10-17)25-23(22)29(2)27-16)24(31)26-21-13-14-30(28-21)18-11-7-4-8-12-18/h3-15H,1-2H3,(H,26,28,31). The second-order valence-electron chi connectivity index (χ2n) is 7.26. The largest absolute Gasteiger partial charge is 0.305 e. The van der Waals surface area contributed by atoms with Crippen molar-refractivity contribution in [1.29, 1.82) is 0 Å². The average molecular weight is 408 g/mol. The second-order valence-corrected chi connectivity index (χ2v) is 7.26. The molecule has 3 aromatic heterocycles. The second kappa shape index (κ2) is 7.53. The molecule has 0 fully saturated rings. The molecule has 1 N–H and O–H groups in total. The molecule has 2 aromatic carbocycles. The van der Waals surface area contributed by atoms with Crippen LogP contribution < -0.4 is 5.32 Å². The van der Waals surface area contributed by atoms with Gasteiger partial charge in [-0.3, -0.25) is 9.48 Å². The number of hydrogen-bond donors (Lipinski definition) is 1. The summed E-state index contributed by atoms with van der Waals surface area (Å²) < 4.78 is 3.43. The van der Waals surface area contributed by atoms with Gasteiger partial charge in [0.05, 0.1) is 28.0 Å². The van der Waals surface area contributed by atoms with Crippen molar-refractivity contribution in [3.63, 3.8) is 0 Å². The van der Waals surface area contributed by atoms with Crippen LogP contribution in [0.1, 0.15) is 16.1 Å². The Bertz CT molecular complexity index is 1390. The van der Waals surface area contributed by atoms with Crippen molar-refractivity contribution < 1.29 is 4.79 Å². The molecule has 0 aliphatic rings. The maximum atomic E-state index is 13.3. The minimum atomic E-state index is -0.251. The van der Waals surface area contributed by atoms with Crippen LogP contribution in [0.4, 0.5) is 5.82 Å². The van der Waals surface area contributed by atoms with Gasteiger partial charge in [0.2, 0.25) is 0 Å². The summed E-state index contributed by atoms with van der Waals surface area (Å²) in [7, 11) is 1.83. The Labute approximate surface area is 179 Å². The van der Waals surface area contributed by atoms with E-state index in [0.29, 0.717) is 17.0 Å². The number of fused-ring (bicyclic) bond motifs is 1. The van der Waals surface area contributed by atoms with E-state index in [1.165, 1.54) is 0 Å².